The standard InChI is InChI=1S/C12H17NO3/c1-9(12(14)16-3)8-13-10-6-4-5-7-11(10)15-2/h4-7,9,13H,8H2,1-3H3. The maximum atomic E-state index is 11.2. The lowest BCUT2D eigenvalue weighted by Gasteiger charge is -2.13. The third-order valence-corrected chi connectivity index (χ3v) is 2.31. The highest BCUT2D eigenvalue weighted by atomic mass is 16.5. The molecular weight excluding hydrogens is 206 g/mol. The third kappa shape index (κ3) is 3.15. The first-order valence-corrected chi connectivity index (χ1v) is 5.13. The van der Waals surface area contributed by atoms with Crippen molar-refractivity contribution in [3.63, 3.8) is 0 Å². The molecule has 0 saturated carbocycles. The Morgan fingerprint density at radius 1 is 1.38 bits per heavy atom. The number of carbonyl (C=O) groups excluding carboxylic acids is 1. The molecule has 16 heavy (non-hydrogen) atoms. The van der Waals surface area contributed by atoms with E-state index in [4.69, 9.17) is 4.74 Å². The van der Waals surface area contributed by atoms with Gasteiger partial charge < -0.3 is 14.8 Å². The Labute approximate surface area is 95.6 Å². The Morgan fingerprint density at radius 2 is 2.06 bits per heavy atom. The van der Waals surface area contributed by atoms with E-state index >= 15 is 0 Å². The largest absolute Gasteiger partial charge is 0.495 e. The number of para-hydroxylation sites is 2. The highest BCUT2D eigenvalue weighted by molar-refractivity contribution is 5.72. The summed E-state index contributed by atoms with van der Waals surface area (Å²) in [5, 5.41) is 3.15. The lowest BCUT2D eigenvalue weighted by atomic mass is 10.2. The zero-order valence-electron chi connectivity index (χ0n) is 9.82. The summed E-state index contributed by atoms with van der Waals surface area (Å²) in [6, 6.07) is 7.58. The van der Waals surface area contributed by atoms with Crippen LogP contribution in [0.25, 0.3) is 0 Å². The van der Waals surface area contributed by atoms with Crippen LogP contribution in [0.4, 0.5) is 5.69 Å². The van der Waals surface area contributed by atoms with E-state index < -0.39 is 0 Å². The smallest absolute Gasteiger partial charge is 0.310 e. The summed E-state index contributed by atoms with van der Waals surface area (Å²) in [5.41, 5.74) is 0.876. The molecule has 1 unspecified atom stereocenters. The molecule has 4 heteroatoms. The van der Waals surface area contributed by atoms with Gasteiger partial charge in [0.2, 0.25) is 0 Å². The van der Waals surface area contributed by atoms with Gasteiger partial charge in [0.05, 0.1) is 25.8 Å². The maximum absolute atomic E-state index is 11.2. The number of ether oxygens (including phenoxy) is 2. The van der Waals surface area contributed by atoms with Crippen LogP contribution in [0.3, 0.4) is 0 Å². The Bertz CT molecular complexity index is 352. The van der Waals surface area contributed by atoms with Gasteiger partial charge in [0, 0.05) is 6.54 Å². The number of hydrogen-bond donors (Lipinski definition) is 1. The lowest BCUT2D eigenvalue weighted by Crippen LogP contribution is -2.21. The van der Waals surface area contributed by atoms with Crippen LogP contribution in [0.1, 0.15) is 6.92 Å². The molecule has 0 aliphatic rings. The third-order valence-electron chi connectivity index (χ3n) is 2.31. The van der Waals surface area contributed by atoms with E-state index in [0.29, 0.717) is 6.54 Å². The fraction of sp³-hybridized carbons (Fsp3) is 0.417. The molecule has 1 aromatic carbocycles. The Hall–Kier alpha value is -1.71. The van der Waals surface area contributed by atoms with Gasteiger partial charge in [0.1, 0.15) is 5.75 Å². The molecule has 0 aliphatic carbocycles. The van der Waals surface area contributed by atoms with Crippen molar-refractivity contribution in [2.45, 2.75) is 6.92 Å². The molecule has 1 rings (SSSR count). The molecule has 0 aromatic heterocycles. The van der Waals surface area contributed by atoms with Crippen molar-refractivity contribution in [2.24, 2.45) is 5.92 Å². The number of hydrogen-bond acceptors (Lipinski definition) is 4. The van der Waals surface area contributed by atoms with Crippen molar-refractivity contribution in [3.8, 4) is 5.75 Å². The van der Waals surface area contributed by atoms with Gasteiger partial charge >= 0.3 is 5.97 Å². The van der Waals surface area contributed by atoms with Crippen molar-refractivity contribution < 1.29 is 14.3 Å². The first kappa shape index (κ1) is 12.4. The van der Waals surface area contributed by atoms with E-state index in [0.717, 1.165) is 11.4 Å². The fourth-order valence-corrected chi connectivity index (χ4v) is 1.34. The molecule has 1 N–H and O–H groups in total. The highest BCUT2D eigenvalue weighted by Crippen LogP contribution is 2.23. The second kappa shape index (κ2) is 6.00. The molecule has 0 spiro atoms. The zero-order valence-corrected chi connectivity index (χ0v) is 9.82. The summed E-state index contributed by atoms with van der Waals surface area (Å²) in [5.74, 6) is 0.358. The van der Waals surface area contributed by atoms with Gasteiger partial charge in [-0.25, -0.2) is 0 Å². The first-order valence-electron chi connectivity index (χ1n) is 5.13. The molecule has 0 bridgehead atoms. The maximum Gasteiger partial charge on any atom is 0.310 e. The predicted molar refractivity (Wildman–Crippen MR) is 62.7 cm³/mol. The second-order valence-electron chi connectivity index (χ2n) is 3.51. The summed E-state index contributed by atoms with van der Waals surface area (Å²) < 4.78 is 9.83. The number of nitrogens with one attached hydrogen (secondary N) is 1. The topological polar surface area (TPSA) is 47.6 Å². The van der Waals surface area contributed by atoms with E-state index in [-0.39, 0.29) is 11.9 Å². The average molecular weight is 223 g/mol. The summed E-state index contributed by atoms with van der Waals surface area (Å²) in [6.45, 7) is 2.33. The van der Waals surface area contributed by atoms with Crippen LogP contribution in [0.2, 0.25) is 0 Å². The van der Waals surface area contributed by atoms with Crippen molar-refractivity contribution >= 4 is 11.7 Å². The number of benzene rings is 1. The van der Waals surface area contributed by atoms with Crippen LogP contribution in [0.15, 0.2) is 24.3 Å². The van der Waals surface area contributed by atoms with Gasteiger partial charge in [0.25, 0.3) is 0 Å². The fourth-order valence-electron chi connectivity index (χ4n) is 1.34. The molecule has 0 fully saturated rings. The minimum atomic E-state index is -0.220. The molecular formula is C12H17NO3. The van der Waals surface area contributed by atoms with Crippen molar-refractivity contribution in [1.82, 2.24) is 0 Å². The SMILES string of the molecule is COC(=O)C(C)CNc1ccccc1OC. The van der Waals surface area contributed by atoms with Crippen molar-refractivity contribution in [2.75, 3.05) is 26.1 Å². The molecule has 0 radical (unpaired) electrons. The second-order valence-corrected chi connectivity index (χ2v) is 3.51. The van der Waals surface area contributed by atoms with E-state index in [2.05, 4.69) is 10.1 Å². The summed E-state index contributed by atoms with van der Waals surface area (Å²) in [4.78, 5) is 11.2. The van der Waals surface area contributed by atoms with Crippen LogP contribution >= 0.6 is 0 Å². The molecule has 0 aliphatic heterocycles. The zero-order chi connectivity index (χ0) is 12.0. The Balaban J connectivity index is 2.57. The number of carbonyl (C=O) groups is 1. The summed E-state index contributed by atoms with van der Waals surface area (Å²) in [6.07, 6.45) is 0. The molecule has 1 atom stereocenters. The Morgan fingerprint density at radius 3 is 2.69 bits per heavy atom. The van der Waals surface area contributed by atoms with Crippen molar-refractivity contribution in [1.29, 1.82) is 0 Å². The predicted octanol–water partition coefficient (Wildman–Crippen LogP) is 1.92. The molecule has 0 amide bonds. The highest BCUT2D eigenvalue weighted by Gasteiger charge is 2.13. The number of anilines is 1. The molecule has 0 saturated heterocycles. The average Bonchev–Trinajstić information content (AvgIpc) is 2.35. The minimum absolute atomic E-state index is 0.185. The van der Waals surface area contributed by atoms with Gasteiger partial charge in [-0.3, -0.25) is 4.79 Å². The van der Waals surface area contributed by atoms with E-state index in [1.165, 1.54) is 7.11 Å². The van der Waals surface area contributed by atoms with Gasteiger partial charge in [-0.15, -0.1) is 0 Å². The van der Waals surface area contributed by atoms with E-state index in [9.17, 15) is 4.79 Å². The van der Waals surface area contributed by atoms with Gasteiger partial charge in [-0.05, 0) is 12.1 Å². The number of esters is 1. The normalized spacial score (nSPS) is 11.7. The summed E-state index contributed by atoms with van der Waals surface area (Å²) in [7, 11) is 3.01. The number of rotatable bonds is 5. The van der Waals surface area contributed by atoms with E-state index in [1.54, 1.807) is 7.11 Å². The molecule has 0 heterocycles. The van der Waals surface area contributed by atoms with Gasteiger partial charge in [-0.1, -0.05) is 19.1 Å². The molecule has 1 aromatic rings. The Kier molecular flexibility index (Phi) is 4.64. The van der Waals surface area contributed by atoms with Crippen LogP contribution in [0, 0.1) is 5.92 Å². The quantitative estimate of drug-likeness (QED) is 0.775. The minimum Gasteiger partial charge on any atom is -0.495 e. The monoisotopic (exact) mass is 223 g/mol. The summed E-state index contributed by atoms with van der Waals surface area (Å²) >= 11 is 0. The van der Waals surface area contributed by atoms with Crippen LogP contribution < -0.4 is 10.1 Å². The van der Waals surface area contributed by atoms with Crippen LogP contribution in [-0.2, 0) is 9.53 Å². The van der Waals surface area contributed by atoms with E-state index in [1.807, 2.05) is 31.2 Å². The van der Waals surface area contributed by atoms with Crippen molar-refractivity contribution in [3.05, 3.63) is 24.3 Å². The molecule has 88 valence electrons. The molecule has 4 nitrogen and oxygen atoms in total. The van der Waals surface area contributed by atoms with Crippen LogP contribution in [0.5, 0.6) is 5.75 Å². The van der Waals surface area contributed by atoms with Crippen LogP contribution in [-0.4, -0.2) is 26.7 Å². The lowest BCUT2D eigenvalue weighted by molar-refractivity contribution is -0.144. The first-order chi connectivity index (χ1) is 7.69. The van der Waals surface area contributed by atoms with Gasteiger partial charge in [0.15, 0.2) is 0 Å². The van der Waals surface area contributed by atoms with Gasteiger partial charge in [-0.2, -0.15) is 0 Å². The number of methoxy groups -OCH3 is 2.